The van der Waals surface area contributed by atoms with Crippen molar-refractivity contribution < 1.29 is 14.2 Å². The molecular weight excluding hydrogens is 384 g/mol. The van der Waals surface area contributed by atoms with Gasteiger partial charge in [-0.05, 0) is 73.8 Å². The Bertz CT molecular complexity index is 1420. The lowest BCUT2D eigenvalue weighted by atomic mass is 9.91. The molecule has 3 nitrogen and oxygen atoms in total. The van der Waals surface area contributed by atoms with Crippen LogP contribution in [0.15, 0.2) is 66.7 Å². The predicted molar refractivity (Wildman–Crippen MR) is 130 cm³/mol. The van der Waals surface area contributed by atoms with Gasteiger partial charge >= 0.3 is 0 Å². The highest BCUT2D eigenvalue weighted by atomic mass is 16.5. The van der Waals surface area contributed by atoms with E-state index < -0.39 is 0 Å². The number of rotatable bonds is 6. The summed E-state index contributed by atoms with van der Waals surface area (Å²) in [6, 6.07) is 23.6. The Kier molecular flexibility index (Phi) is 5.03. The lowest BCUT2D eigenvalue weighted by Crippen LogP contribution is -1.99. The van der Waals surface area contributed by atoms with Crippen LogP contribution in [0.5, 0.6) is 17.2 Å². The first-order chi connectivity index (χ1) is 15.2. The molecule has 0 aliphatic heterocycles. The second kappa shape index (κ2) is 7.99. The average molecular weight is 411 g/mol. The van der Waals surface area contributed by atoms with E-state index in [-0.39, 0.29) is 0 Å². The number of hydrogen-bond acceptors (Lipinski definition) is 3. The molecular formula is C28H26O3. The van der Waals surface area contributed by atoms with Crippen LogP contribution in [0.2, 0.25) is 0 Å². The Morgan fingerprint density at radius 3 is 2.13 bits per heavy atom. The van der Waals surface area contributed by atoms with Crippen LogP contribution in [0.4, 0.5) is 0 Å². The number of unbranched alkanes of at least 4 members (excludes halogenated alkanes) is 1. The van der Waals surface area contributed by atoms with Gasteiger partial charge in [-0.25, -0.2) is 0 Å². The molecule has 3 heteroatoms. The minimum atomic E-state index is 0.685. The standard InChI is InChI=1S/C28H26O3/c1-4-5-14-31-27-17-24-18(15-26(27)30-3)10-12-22-20-8-6-7-9-21(20)25-16-19(29-2)11-13-23(25)28(22)24/h6-13,15-17H,4-5,14H2,1-3H3. The zero-order valence-corrected chi connectivity index (χ0v) is 18.2. The summed E-state index contributed by atoms with van der Waals surface area (Å²) in [6.07, 6.45) is 2.11. The third-order valence-corrected chi connectivity index (χ3v) is 6.06. The number of fused-ring (bicyclic) bond motifs is 8. The Balaban J connectivity index is 1.91. The third kappa shape index (κ3) is 3.21. The van der Waals surface area contributed by atoms with Crippen LogP contribution < -0.4 is 14.2 Å². The summed E-state index contributed by atoms with van der Waals surface area (Å²) in [4.78, 5) is 0. The summed E-state index contributed by atoms with van der Waals surface area (Å²) in [5.41, 5.74) is 0. The molecule has 31 heavy (non-hydrogen) atoms. The Morgan fingerprint density at radius 1 is 0.645 bits per heavy atom. The van der Waals surface area contributed by atoms with Gasteiger partial charge in [-0.15, -0.1) is 0 Å². The van der Waals surface area contributed by atoms with Crippen molar-refractivity contribution in [3.05, 3.63) is 66.7 Å². The second-order valence-electron chi connectivity index (χ2n) is 7.87. The Hall–Kier alpha value is -3.46. The normalized spacial score (nSPS) is 11.5. The quantitative estimate of drug-likeness (QED) is 0.214. The van der Waals surface area contributed by atoms with E-state index in [2.05, 4.69) is 67.6 Å². The van der Waals surface area contributed by atoms with Crippen LogP contribution >= 0.6 is 0 Å². The maximum absolute atomic E-state index is 6.12. The molecule has 0 aliphatic carbocycles. The van der Waals surface area contributed by atoms with Crippen molar-refractivity contribution in [1.82, 2.24) is 0 Å². The fourth-order valence-electron chi connectivity index (χ4n) is 4.49. The van der Waals surface area contributed by atoms with E-state index in [1.165, 1.54) is 37.7 Å². The number of ether oxygens (including phenoxy) is 3. The summed E-state index contributed by atoms with van der Waals surface area (Å²) < 4.78 is 17.3. The summed E-state index contributed by atoms with van der Waals surface area (Å²) in [6.45, 7) is 2.85. The first kappa shape index (κ1) is 19.5. The van der Waals surface area contributed by atoms with Crippen molar-refractivity contribution >= 4 is 43.1 Å². The lowest BCUT2D eigenvalue weighted by Gasteiger charge is -2.16. The minimum absolute atomic E-state index is 0.685. The van der Waals surface area contributed by atoms with Crippen LogP contribution in [0.1, 0.15) is 19.8 Å². The van der Waals surface area contributed by atoms with Gasteiger partial charge in [0, 0.05) is 0 Å². The first-order valence-corrected chi connectivity index (χ1v) is 10.8. The van der Waals surface area contributed by atoms with Gasteiger partial charge in [0.05, 0.1) is 20.8 Å². The van der Waals surface area contributed by atoms with Gasteiger partial charge in [0.25, 0.3) is 0 Å². The van der Waals surface area contributed by atoms with E-state index >= 15 is 0 Å². The molecule has 0 N–H and O–H groups in total. The molecule has 0 unspecified atom stereocenters. The number of methoxy groups -OCH3 is 2. The average Bonchev–Trinajstić information content (AvgIpc) is 2.83. The van der Waals surface area contributed by atoms with Gasteiger partial charge in [0.1, 0.15) is 5.75 Å². The van der Waals surface area contributed by atoms with Gasteiger partial charge in [0.15, 0.2) is 11.5 Å². The highest BCUT2D eigenvalue weighted by molar-refractivity contribution is 6.31. The fraction of sp³-hybridized carbons (Fsp3) is 0.214. The maximum atomic E-state index is 6.12. The molecule has 0 heterocycles. The maximum Gasteiger partial charge on any atom is 0.161 e. The largest absolute Gasteiger partial charge is 0.497 e. The molecule has 0 bridgehead atoms. The van der Waals surface area contributed by atoms with Gasteiger partial charge in [0.2, 0.25) is 0 Å². The van der Waals surface area contributed by atoms with Crippen molar-refractivity contribution in [2.75, 3.05) is 20.8 Å². The van der Waals surface area contributed by atoms with E-state index in [1.54, 1.807) is 14.2 Å². The zero-order chi connectivity index (χ0) is 21.4. The smallest absolute Gasteiger partial charge is 0.161 e. The molecule has 156 valence electrons. The van der Waals surface area contributed by atoms with Crippen molar-refractivity contribution in [1.29, 1.82) is 0 Å². The van der Waals surface area contributed by atoms with Gasteiger partial charge in [-0.3, -0.25) is 0 Å². The molecule has 0 aromatic heterocycles. The van der Waals surface area contributed by atoms with E-state index in [1.807, 2.05) is 6.07 Å². The van der Waals surface area contributed by atoms with Crippen LogP contribution in [0.25, 0.3) is 43.1 Å². The monoisotopic (exact) mass is 410 g/mol. The van der Waals surface area contributed by atoms with Crippen molar-refractivity contribution in [2.45, 2.75) is 19.8 Å². The van der Waals surface area contributed by atoms with E-state index in [0.717, 1.165) is 35.5 Å². The van der Waals surface area contributed by atoms with Gasteiger partial charge in [-0.2, -0.15) is 0 Å². The van der Waals surface area contributed by atoms with Crippen molar-refractivity contribution in [3.63, 3.8) is 0 Å². The Morgan fingerprint density at radius 2 is 1.39 bits per heavy atom. The Labute approximate surface area is 182 Å². The molecule has 5 aromatic carbocycles. The SMILES string of the molecule is CCCCOc1cc2c(ccc3c4ccccc4c4cc(OC)ccc4c23)cc1OC. The minimum Gasteiger partial charge on any atom is -0.497 e. The molecule has 0 spiro atoms. The van der Waals surface area contributed by atoms with Crippen LogP contribution in [0.3, 0.4) is 0 Å². The summed E-state index contributed by atoms with van der Waals surface area (Å²) in [5, 5.41) is 9.66. The molecule has 5 rings (SSSR count). The van der Waals surface area contributed by atoms with Crippen molar-refractivity contribution in [2.24, 2.45) is 0 Å². The summed E-state index contributed by atoms with van der Waals surface area (Å²) in [5.74, 6) is 2.43. The molecule has 5 aromatic rings. The molecule has 0 atom stereocenters. The van der Waals surface area contributed by atoms with E-state index in [0.29, 0.717) is 6.61 Å². The highest BCUT2D eigenvalue weighted by Gasteiger charge is 2.15. The number of benzene rings is 5. The molecule has 0 fully saturated rings. The molecule has 0 amide bonds. The van der Waals surface area contributed by atoms with Crippen LogP contribution in [0, 0.1) is 0 Å². The van der Waals surface area contributed by atoms with Crippen LogP contribution in [-0.2, 0) is 0 Å². The summed E-state index contributed by atoms with van der Waals surface area (Å²) in [7, 11) is 3.41. The lowest BCUT2D eigenvalue weighted by molar-refractivity contribution is 0.289. The fourth-order valence-corrected chi connectivity index (χ4v) is 4.49. The topological polar surface area (TPSA) is 27.7 Å². The molecule has 0 radical (unpaired) electrons. The first-order valence-electron chi connectivity index (χ1n) is 10.8. The molecule has 0 aliphatic rings. The van der Waals surface area contributed by atoms with Gasteiger partial charge in [-0.1, -0.05) is 55.8 Å². The van der Waals surface area contributed by atoms with Gasteiger partial charge < -0.3 is 14.2 Å². The van der Waals surface area contributed by atoms with Crippen LogP contribution in [-0.4, -0.2) is 20.8 Å². The van der Waals surface area contributed by atoms with E-state index in [9.17, 15) is 0 Å². The zero-order valence-electron chi connectivity index (χ0n) is 18.2. The second-order valence-corrected chi connectivity index (χ2v) is 7.87. The van der Waals surface area contributed by atoms with E-state index in [4.69, 9.17) is 14.2 Å². The predicted octanol–water partition coefficient (Wildman–Crippen LogP) is 7.50. The highest BCUT2D eigenvalue weighted by Crippen LogP contribution is 2.42. The summed E-state index contributed by atoms with van der Waals surface area (Å²) >= 11 is 0. The molecule has 0 saturated heterocycles. The third-order valence-electron chi connectivity index (χ3n) is 6.06. The number of hydrogen-bond donors (Lipinski definition) is 0. The van der Waals surface area contributed by atoms with Crippen molar-refractivity contribution in [3.8, 4) is 17.2 Å². The molecule has 0 saturated carbocycles.